The van der Waals surface area contributed by atoms with E-state index in [1.807, 2.05) is 16.2 Å². The van der Waals surface area contributed by atoms with Gasteiger partial charge in [0.1, 0.15) is 0 Å². The average molecular weight is 290 g/mol. The average Bonchev–Trinajstić information content (AvgIpc) is 3.19. The summed E-state index contributed by atoms with van der Waals surface area (Å²) in [7, 11) is 0. The maximum atomic E-state index is 12.4. The molecule has 4 rings (SSSR count). The van der Waals surface area contributed by atoms with Crippen LogP contribution in [0.3, 0.4) is 0 Å². The van der Waals surface area contributed by atoms with E-state index >= 15 is 0 Å². The van der Waals surface area contributed by atoms with Crippen LogP contribution in [0.15, 0.2) is 11.4 Å². The fourth-order valence-corrected chi connectivity index (χ4v) is 5.18. The van der Waals surface area contributed by atoms with Gasteiger partial charge >= 0.3 is 0 Å². The molecule has 1 N–H and O–H groups in total. The Morgan fingerprint density at radius 2 is 2.35 bits per heavy atom. The van der Waals surface area contributed by atoms with Crippen molar-refractivity contribution in [2.24, 2.45) is 11.8 Å². The maximum Gasteiger partial charge on any atom is 0.236 e. The maximum absolute atomic E-state index is 12.4. The van der Waals surface area contributed by atoms with Crippen LogP contribution in [0, 0.1) is 11.8 Å². The molecule has 0 spiro atoms. The summed E-state index contributed by atoms with van der Waals surface area (Å²) in [6.45, 7) is 2.24. The van der Waals surface area contributed by atoms with Crippen LogP contribution in [0.5, 0.6) is 0 Å². The van der Waals surface area contributed by atoms with Crippen LogP contribution >= 0.6 is 11.3 Å². The number of carbonyl (C=O) groups is 1. The Morgan fingerprint density at radius 3 is 3.15 bits per heavy atom. The number of carbonyl (C=O) groups excluding carboxylic acids is 1. The summed E-state index contributed by atoms with van der Waals surface area (Å²) >= 11 is 1.83. The zero-order valence-electron chi connectivity index (χ0n) is 11.8. The van der Waals surface area contributed by atoms with Crippen LogP contribution in [0.1, 0.15) is 36.1 Å². The molecule has 0 saturated heterocycles. The predicted octanol–water partition coefficient (Wildman–Crippen LogP) is 2.41. The highest BCUT2D eigenvalue weighted by Crippen LogP contribution is 2.44. The van der Waals surface area contributed by atoms with E-state index in [-0.39, 0.29) is 5.91 Å². The first-order chi connectivity index (χ1) is 9.79. The van der Waals surface area contributed by atoms with Crippen molar-refractivity contribution in [3.05, 3.63) is 21.9 Å². The minimum Gasteiger partial charge on any atom is -0.337 e. The van der Waals surface area contributed by atoms with Gasteiger partial charge in [0.05, 0.1) is 6.54 Å². The molecule has 1 aliphatic heterocycles. The molecule has 2 aliphatic carbocycles. The van der Waals surface area contributed by atoms with E-state index in [1.165, 1.54) is 36.1 Å². The molecule has 20 heavy (non-hydrogen) atoms. The van der Waals surface area contributed by atoms with Gasteiger partial charge in [0, 0.05) is 24.0 Å². The Balaban J connectivity index is 1.31. The van der Waals surface area contributed by atoms with Crippen molar-refractivity contribution >= 4 is 17.2 Å². The second kappa shape index (κ2) is 5.15. The molecule has 108 valence electrons. The minimum atomic E-state index is 0.282. The molecule has 3 atom stereocenters. The van der Waals surface area contributed by atoms with E-state index in [0.29, 0.717) is 12.6 Å². The Morgan fingerprint density at radius 1 is 1.40 bits per heavy atom. The van der Waals surface area contributed by atoms with E-state index in [2.05, 4.69) is 16.8 Å². The fourth-order valence-electron chi connectivity index (χ4n) is 4.29. The normalized spacial score (nSPS) is 31.6. The molecule has 0 radical (unpaired) electrons. The van der Waals surface area contributed by atoms with Gasteiger partial charge in [-0.3, -0.25) is 4.79 Å². The predicted molar refractivity (Wildman–Crippen MR) is 80.7 cm³/mol. The SMILES string of the molecule is O=C(CNC1CC2CCC1C2)N1CCc2sccc2C1. The third kappa shape index (κ3) is 2.29. The number of hydrogen-bond donors (Lipinski definition) is 1. The summed E-state index contributed by atoms with van der Waals surface area (Å²) < 4.78 is 0. The van der Waals surface area contributed by atoms with Crippen molar-refractivity contribution in [2.45, 2.75) is 44.7 Å². The summed E-state index contributed by atoms with van der Waals surface area (Å²) in [5.74, 6) is 2.07. The second-order valence-corrected chi connectivity index (χ2v) is 7.60. The Hall–Kier alpha value is -0.870. The molecule has 1 aromatic heterocycles. The van der Waals surface area contributed by atoms with Crippen LogP contribution in [0.4, 0.5) is 0 Å². The lowest BCUT2D eigenvalue weighted by atomic mass is 9.95. The number of fused-ring (bicyclic) bond motifs is 3. The summed E-state index contributed by atoms with van der Waals surface area (Å²) in [6.07, 6.45) is 6.52. The van der Waals surface area contributed by atoms with Gasteiger partial charge in [0.25, 0.3) is 0 Å². The van der Waals surface area contributed by atoms with Gasteiger partial charge < -0.3 is 10.2 Å². The quantitative estimate of drug-likeness (QED) is 0.927. The zero-order valence-corrected chi connectivity index (χ0v) is 12.6. The number of amides is 1. The topological polar surface area (TPSA) is 32.3 Å². The molecule has 4 heteroatoms. The Kier molecular flexibility index (Phi) is 3.31. The number of hydrogen-bond acceptors (Lipinski definition) is 3. The van der Waals surface area contributed by atoms with Crippen molar-refractivity contribution in [1.29, 1.82) is 0 Å². The second-order valence-electron chi connectivity index (χ2n) is 6.60. The van der Waals surface area contributed by atoms with Gasteiger partial charge in [0.2, 0.25) is 5.91 Å². The van der Waals surface area contributed by atoms with Crippen molar-refractivity contribution < 1.29 is 4.79 Å². The first kappa shape index (κ1) is 12.8. The third-order valence-electron chi connectivity index (χ3n) is 5.41. The molecule has 2 heterocycles. The molecule has 1 amide bonds. The van der Waals surface area contributed by atoms with Crippen LogP contribution in [-0.2, 0) is 17.8 Å². The lowest BCUT2D eigenvalue weighted by Crippen LogP contribution is -2.44. The summed E-state index contributed by atoms with van der Waals surface area (Å²) in [6, 6.07) is 2.78. The van der Waals surface area contributed by atoms with Crippen molar-refractivity contribution in [3.63, 3.8) is 0 Å². The molecule has 3 aliphatic rings. The van der Waals surface area contributed by atoms with Crippen molar-refractivity contribution in [3.8, 4) is 0 Å². The highest BCUT2D eigenvalue weighted by Gasteiger charge is 2.39. The van der Waals surface area contributed by atoms with E-state index in [1.54, 1.807) is 0 Å². The minimum absolute atomic E-state index is 0.282. The van der Waals surface area contributed by atoms with Crippen molar-refractivity contribution in [2.75, 3.05) is 13.1 Å². The van der Waals surface area contributed by atoms with Gasteiger partial charge in [-0.25, -0.2) is 0 Å². The van der Waals surface area contributed by atoms with Gasteiger partial charge in [-0.15, -0.1) is 11.3 Å². The van der Waals surface area contributed by atoms with Gasteiger partial charge in [-0.2, -0.15) is 0 Å². The number of nitrogens with zero attached hydrogens (tertiary/aromatic N) is 1. The smallest absolute Gasteiger partial charge is 0.236 e. The largest absolute Gasteiger partial charge is 0.337 e. The molecule has 0 aromatic carbocycles. The molecule has 1 aromatic rings. The standard InChI is InChI=1S/C16H22N2OS/c19-16(9-17-14-8-11-1-2-12(14)7-11)18-5-3-15-13(10-18)4-6-20-15/h4,6,11-12,14,17H,1-3,5,7-10H2. The molecule has 2 bridgehead atoms. The van der Waals surface area contributed by atoms with Crippen LogP contribution in [-0.4, -0.2) is 29.9 Å². The Bertz CT molecular complexity index is 512. The van der Waals surface area contributed by atoms with Crippen molar-refractivity contribution in [1.82, 2.24) is 10.2 Å². The first-order valence-electron chi connectivity index (χ1n) is 7.86. The first-order valence-corrected chi connectivity index (χ1v) is 8.74. The molecule has 2 saturated carbocycles. The van der Waals surface area contributed by atoms with E-state index in [0.717, 1.165) is 31.3 Å². The highest BCUT2D eigenvalue weighted by molar-refractivity contribution is 7.10. The molecule has 3 nitrogen and oxygen atoms in total. The Labute approximate surface area is 124 Å². The molecular formula is C16H22N2OS. The number of thiophene rings is 1. The van der Waals surface area contributed by atoms with Crippen LogP contribution < -0.4 is 5.32 Å². The van der Waals surface area contributed by atoms with Gasteiger partial charge in [0.15, 0.2) is 0 Å². The molecule has 2 fully saturated rings. The third-order valence-corrected chi connectivity index (χ3v) is 6.44. The van der Waals surface area contributed by atoms with Gasteiger partial charge in [-0.1, -0.05) is 6.42 Å². The fraction of sp³-hybridized carbons (Fsp3) is 0.688. The zero-order chi connectivity index (χ0) is 13.5. The van der Waals surface area contributed by atoms with Crippen LogP contribution in [0.25, 0.3) is 0 Å². The lowest BCUT2D eigenvalue weighted by molar-refractivity contribution is -0.131. The van der Waals surface area contributed by atoms with E-state index in [9.17, 15) is 4.79 Å². The lowest BCUT2D eigenvalue weighted by Gasteiger charge is -2.29. The summed E-state index contributed by atoms with van der Waals surface area (Å²) in [5.41, 5.74) is 1.36. The van der Waals surface area contributed by atoms with E-state index < -0.39 is 0 Å². The highest BCUT2D eigenvalue weighted by atomic mass is 32.1. The van der Waals surface area contributed by atoms with Gasteiger partial charge in [-0.05, 0) is 54.5 Å². The molecular weight excluding hydrogens is 268 g/mol. The monoisotopic (exact) mass is 290 g/mol. The number of nitrogens with one attached hydrogen (secondary N) is 1. The van der Waals surface area contributed by atoms with E-state index in [4.69, 9.17) is 0 Å². The summed E-state index contributed by atoms with van der Waals surface area (Å²) in [4.78, 5) is 15.9. The number of rotatable bonds is 3. The van der Waals surface area contributed by atoms with Crippen LogP contribution in [0.2, 0.25) is 0 Å². The molecule has 3 unspecified atom stereocenters. The summed E-state index contributed by atoms with van der Waals surface area (Å²) in [5, 5.41) is 5.68.